The van der Waals surface area contributed by atoms with Crippen LogP contribution < -0.4 is 10.2 Å². The number of hydrogen-bond acceptors (Lipinski definition) is 3. The molecule has 3 aromatic carbocycles. The molecule has 0 fully saturated rings. The van der Waals surface area contributed by atoms with Gasteiger partial charge in [0, 0.05) is 17.8 Å². The molecule has 2 heterocycles. The number of para-hydroxylation sites is 2. The van der Waals surface area contributed by atoms with Gasteiger partial charge in [0.1, 0.15) is 11.4 Å². The van der Waals surface area contributed by atoms with Gasteiger partial charge in [-0.1, -0.05) is 66.7 Å². The number of fused-ring (bicyclic) bond motifs is 1. The predicted molar refractivity (Wildman–Crippen MR) is 124 cm³/mol. The fourth-order valence-corrected chi connectivity index (χ4v) is 4.28. The van der Waals surface area contributed by atoms with E-state index in [0.29, 0.717) is 16.9 Å². The molecule has 2 atom stereocenters. The van der Waals surface area contributed by atoms with Gasteiger partial charge >= 0.3 is 6.18 Å². The van der Waals surface area contributed by atoms with Crippen molar-refractivity contribution in [1.82, 2.24) is 9.78 Å². The minimum Gasteiger partial charge on any atom is -0.363 e. The molecule has 8 heteroatoms. The Morgan fingerprint density at radius 2 is 1.41 bits per heavy atom. The van der Waals surface area contributed by atoms with Crippen molar-refractivity contribution in [3.05, 3.63) is 108 Å². The number of benzene rings is 3. The van der Waals surface area contributed by atoms with Gasteiger partial charge in [-0.3, -0.25) is 9.69 Å². The Morgan fingerprint density at radius 1 is 0.882 bits per heavy atom. The second kappa shape index (κ2) is 8.70. The van der Waals surface area contributed by atoms with Crippen molar-refractivity contribution in [1.29, 1.82) is 0 Å². The Balaban J connectivity index is 1.60. The van der Waals surface area contributed by atoms with E-state index in [0.717, 1.165) is 4.68 Å². The second-order valence-electron chi connectivity index (χ2n) is 8.06. The highest BCUT2D eigenvalue weighted by molar-refractivity contribution is 6.13. The molecule has 0 bridgehead atoms. The number of aromatic nitrogens is 2. The van der Waals surface area contributed by atoms with Crippen molar-refractivity contribution >= 4 is 23.1 Å². The third-order valence-corrected chi connectivity index (χ3v) is 5.90. The highest BCUT2D eigenvalue weighted by Crippen LogP contribution is 2.44. The molecule has 0 radical (unpaired) electrons. The first-order valence-electron chi connectivity index (χ1n) is 10.8. The van der Waals surface area contributed by atoms with Crippen LogP contribution in [0.15, 0.2) is 97.2 Å². The molecule has 1 amide bonds. The monoisotopic (exact) mass is 462 g/mol. The molecule has 0 spiro atoms. The van der Waals surface area contributed by atoms with Crippen LogP contribution in [0.1, 0.15) is 34.4 Å². The third kappa shape index (κ3) is 4.03. The van der Waals surface area contributed by atoms with Gasteiger partial charge in [0.15, 0.2) is 6.04 Å². The summed E-state index contributed by atoms with van der Waals surface area (Å²) in [4.78, 5) is 15.3. The molecule has 1 aliphatic heterocycles. The van der Waals surface area contributed by atoms with Crippen molar-refractivity contribution in [3.8, 4) is 0 Å². The smallest absolute Gasteiger partial charge is 0.363 e. The quantitative estimate of drug-likeness (QED) is 0.376. The molecule has 0 aliphatic carbocycles. The lowest BCUT2D eigenvalue weighted by Crippen LogP contribution is -2.36. The fraction of sp³-hybridized carbons (Fsp3) is 0.154. The van der Waals surface area contributed by atoms with E-state index >= 15 is 0 Å². The number of nitrogens with zero attached hydrogens (tertiary/aromatic N) is 3. The first-order valence-corrected chi connectivity index (χ1v) is 10.8. The fourth-order valence-electron chi connectivity index (χ4n) is 4.28. The standard InChI is InChI=1S/C26H21F3N4O/c27-26(28,29)23-16-22(18-10-4-1-5-11-18)31-24-21(17-30-33(23)24)25(34)32(19-12-6-2-7-13-19)20-14-8-3-9-15-20/h1-15,17,22-23,31H,16H2. The van der Waals surface area contributed by atoms with Crippen LogP contribution in [0.25, 0.3) is 0 Å². The first kappa shape index (κ1) is 21.8. The SMILES string of the molecule is O=C(c1cnn2c1NC(c1ccccc1)CC2C(F)(F)F)N(c1ccccc1)c1ccccc1. The van der Waals surface area contributed by atoms with E-state index < -0.39 is 24.2 Å². The van der Waals surface area contributed by atoms with E-state index in [1.54, 1.807) is 72.8 Å². The first-order chi connectivity index (χ1) is 16.4. The summed E-state index contributed by atoms with van der Waals surface area (Å²) in [6, 6.07) is 24.4. The normalized spacial score (nSPS) is 17.5. The van der Waals surface area contributed by atoms with Crippen molar-refractivity contribution in [2.75, 3.05) is 10.2 Å². The number of amides is 1. The molecule has 0 saturated carbocycles. The zero-order valence-electron chi connectivity index (χ0n) is 18.0. The Morgan fingerprint density at radius 3 is 1.94 bits per heavy atom. The molecule has 2 unspecified atom stereocenters. The zero-order chi connectivity index (χ0) is 23.7. The number of alkyl halides is 3. The van der Waals surface area contributed by atoms with Crippen LogP contribution in [0.3, 0.4) is 0 Å². The van der Waals surface area contributed by atoms with Crippen LogP contribution in [0.4, 0.5) is 30.4 Å². The molecule has 0 saturated heterocycles. The number of carbonyl (C=O) groups is 1. The summed E-state index contributed by atoms with van der Waals surface area (Å²) in [5, 5.41) is 7.17. The van der Waals surface area contributed by atoms with Crippen LogP contribution in [0.2, 0.25) is 0 Å². The van der Waals surface area contributed by atoms with E-state index in [9.17, 15) is 18.0 Å². The van der Waals surface area contributed by atoms with Crippen LogP contribution >= 0.6 is 0 Å². The molecule has 4 aromatic rings. The van der Waals surface area contributed by atoms with Crippen LogP contribution in [-0.2, 0) is 0 Å². The number of carbonyl (C=O) groups excluding carboxylic acids is 1. The van der Waals surface area contributed by atoms with Gasteiger partial charge in [0.2, 0.25) is 0 Å². The number of hydrogen-bond donors (Lipinski definition) is 1. The summed E-state index contributed by atoms with van der Waals surface area (Å²) < 4.78 is 43.0. The highest BCUT2D eigenvalue weighted by Gasteiger charge is 2.47. The summed E-state index contributed by atoms with van der Waals surface area (Å²) >= 11 is 0. The van der Waals surface area contributed by atoms with Crippen molar-refractivity contribution in [3.63, 3.8) is 0 Å². The topological polar surface area (TPSA) is 50.2 Å². The Kier molecular flexibility index (Phi) is 5.57. The van der Waals surface area contributed by atoms with E-state index in [-0.39, 0.29) is 17.8 Å². The average Bonchev–Trinajstić information content (AvgIpc) is 3.29. The molecular weight excluding hydrogens is 441 g/mol. The lowest BCUT2D eigenvalue weighted by Gasteiger charge is -2.34. The minimum absolute atomic E-state index is 0.0595. The summed E-state index contributed by atoms with van der Waals surface area (Å²) in [6.07, 6.45) is -3.53. The van der Waals surface area contributed by atoms with Crippen molar-refractivity contribution in [2.45, 2.75) is 24.7 Å². The van der Waals surface area contributed by atoms with Gasteiger partial charge in [-0.25, -0.2) is 4.68 Å². The van der Waals surface area contributed by atoms with E-state index in [1.807, 2.05) is 18.2 Å². The number of halogens is 3. The van der Waals surface area contributed by atoms with Gasteiger partial charge in [0.25, 0.3) is 5.91 Å². The van der Waals surface area contributed by atoms with Gasteiger partial charge in [-0.05, 0) is 29.8 Å². The Hall–Kier alpha value is -4.07. The van der Waals surface area contributed by atoms with Gasteiger partial charge in [-0.2, -0.15) is 18.3 Å². The van der Waals surface area contributed by atoms with Gasteiger partial charge in [-0.15, -0.1) is 0 Å². The molecule has 172 valence electrons. The molecular formula is C26H21F3N4O. The largest absolute Gasteiger partial charge is 0.410 e. The number of nitrogens with one attached hydrogen (secondary N) is 1. The number of rotatable bonds is 4. The van der Waals surface area contributed by atoms with Crippen molar-refractivity contribution in [2.24, 2.45) is 0 Å². The van der Waals surface area contributed by atoms with Gasteiger partial charge < -0.3 is 5.32 Å². The Bertz CT molecular complexity index is 1230. The maximum atomic E-state index is 14.0. The van der Waals surface area contributed by atoms with E-state index in [4.69, 9.17) is 0 Å². The molecule has 1 aromatic heterocycles. The zero-order valence-corrected chi connectivity index (χ0v) is 18.0. The highest BCUT2D eigenvalue weighted by atomic mass is 19.4. The maximum absolute atomic E-state index is 14.0. The second-order valence-corrected chi connectivity index (χ2v) is 8.06. The molecule has 1 aliphatic rings. The summed E-state index contributed by atoms with van der Waals surface area (Å²) in [5.41, 5.74) is 1.98. The van der Waals surface area contributed by atoms with Crippen LogP contribution in [0, 0.1) is 0 Å². The molecule has 34 heavy (non-hydrogen) atoms. The average molecular weight is 462 g/mol. The molecule has 1 N–H and O–H groups in total. The molecule has 5 nitrogen and oxygen atoms in total. The van der Waals surface area contributed by atoms with E-state index in [1.165, 1.54) is 11.1 Å². The lowest BCUT2D eigenvalue weighted by atomic mass is 9.96. The molecule has 5 rings (SSSR count). The minimum atomic E-state index is -4.52. The predicted octanol–water partition coefficient (Wildman–Crippen LogP) is 6.52. The number of anilines is 3. The van der Waals surface area contributed by atoms with Crippen molar-refractivity contribution < 1.29 is 18.0 Å². The lowest BCUT2D eigenvalue weighted by molar-refractivity contribution is -0.173. The maximum Gasteiger partial charge on any atom is 0.410 e. The Labute approximate surface area is 194 Å². The van der Waals surface area contributed by atoms with E-state index in [2.05, 4.69) is 10.4 Å². The summed E-state index contributed by atoms with van der Waals surface area (Å²) in [5.74, 6) is -0.412. The van der Waals surface area contributed by atoms with Gasteiger partial charge in [0.05, 0.1) is 12.2 Å². The van der Waals surface area contributed by atoms with Crippen LogP contribution in [-0.4, -0.2) is 21.9 Å². The summed E-state index contributed by atoms with van der Waals surface area (Å²) in [7, 11) is 0. The third-order valence-electron chi connectivity index (χ3n) is 5.90. The van der Waals surface area contributed by atoms with Crippen LogP contribution in [0.5, 0.6) is 0 Å². The summed E-state index contributed by atoms with van der Waals surface area (Å²) in [6.45, 7) is 0.